The third kappa shape index (κ3) is 4.95. The zero-order valence-corrected chi connectivity index (χ0v) is 15.5. The molecule has 1 aliphatic rings. The Morgan fingerprint density at radius 1 is 1.18 bits per heavy atom. The molecule has 0 bridgehead atoms. The molecule has 1 fully saturated rings. The van der Waals surface area contributed by atoms with Crippen LogP contribution >= 0.6 is 0 Å². The molecule has 1 saturated heterocycles. The highest BCUT2D eigenvalue weighted by Crippen LogP contribution is 2.25. The summed E-state index contributed by atoms with van der Waals surface area (Å²) < 4.78 is 10.6. The van der Waals surface area contributed by atoms with Gasteiger partial charge in [0, 0.05) is 24.3 Å². The minimum absolute atomic E-state index is 0.0862. The topological polar surface area (TPSA) is 79.9 Å². The lowest BCUT2D eigenvalue weighted by Crippen LogP contribution is -2.29. The number of benzene rings is 2. The van der Waals surface area contributed by atoms with E-state index in [4.69, 9.17) is 9.47 Å². The maximum atomic E-state index is 11.9. The zero-order valence-electron chi connectivity index (χ0n) is 15.5. The van der Waals surface area contributed by atoms with E-state index in [1.165, 1.54) is 0 Å². The molecule has 3 rings (SSSR count). The van der Waals surface area contributed by atoms with Crippen molar-refractivity contribution in [3.8, 4) is 23.3 Å². The molecule has 144 valence electrons. The standard InChI is InChI=1S/C21H21N3O4/c1-27-18-6-2-3-7-19(18)28-15-20(25)22-12-4-5-16-8-10-17(11-9-16)24-14-13-23-21(24)26/h2-3,6-11H,12-15H2,1H3,(H,22,25)(H,23,26). The summed E-state index contributed by atoms with van der Waals surface area (Å²) in [6.45, 7) is 1.41. The normalized spacial score (nSPS) is 12.6. The van der Waals surface area contributed by atoms with E-state index < -0.39 is 0 Å². The van der Waals surface area contributed by atoms with E-state index in [1.807, 2.05) is 36.4 Å². The summed E-state index contributed by atoms with van der Waals surface area (Å²) in [5.74, 6) is 6.69. The summed E-state index contributed by atoms with van der Waals surface area (Å²) in [6, 6.07) is 14.5. The number of carbonyl (C=O) groups is 2. The van der Waals surface area contributed by atoms with Crippen LogP contribution in [0.3, 0.4) is 0 Å². The summed E-state index contributed by atoms with van der Waals surface area (Å²) in [4.78, 5) is 25.2. The highest BCUT2D eigenvalue weighted by Gasteiger charge is 2.20. The van der Waals surface area contributed by atoms with Crippen molar-refractivity contribution in [2.45, 2.75) is 0 Å². The van der Waals surface area contributed by atoms with Gasteiger partial charge in [-0.1, -0.05) is 24.0 Å². The van der Waals surface area contributed by atoms with Crippen molar-refractivity contribution >= 4 is 17.6 Å². The van der Waals surface area contributed by atoms with Gasteiger partial charge in [-0.15, -0.1) is 0 Å². The predicted octanol–water partition coefficient (Wildman–Crippen LogP) is 1.77. The number of urea groups is 1. The summed E-state index contributed by atoms with van der Waals surface area (Å²) in [5.41, 5.74) is 1.64. The number of ether oxygens (including phenoxy) is 2. The van der Waals surface area contributed by atoms with Crippen LogP contribution in [0.1, 0.15) is 5.56 Å². The van der Waals surface area contributed by atoms with Gasteiger partial charge in [0.25, 0.3) is 5.91 Å². The Morgan fingerprint density at radius 3 is 2.61 bits per heavy atom. The number of hydrogen-bond donors (Lipinski definition) is 2. The number of nitrogens with one attached hydrogen (secondary N) is 2. The molecule has 0 unspecified atom stereocenters. The zero-order chi connectivity index (χ0) is 19.8. The van der Waals surface area contributed by atoms with Gasteiger partial charge in [-0.05, 0) is 36.4 Å². The molecule has 2 aromatic rings. The van der Waals surface area contributed by atoms with Crippen LogP contribution in [0.5, 0.6) is 11.5 Å². The van der Waals surface area contributed by atoms with Gasteiger partial charge in [0.15, 0.2) is 18.1 Å². The molecule has 0 saturated carbocycles. The van der Waals surface area contributed by atoms with E-state index in [2.05, 4.69) is 22.5 Å². The largest absolute Gasteiger partial charge is 0.493 e. The highest BCUT2D eigenvalue weighted by atomic mass is 16.5. The minimum atomic E-state index is -0.268. The number of para-hydroxylation sites is 2. The van der Waals surface area contributed by atoms with Gasteiger partial charge >= 0.3 is 6.03 Å². The first-order valence-corrected chi connectivity index (χ1v) is 8.84. The smallest absolute Gasteiger partial charge is 0.321 e. The molecule has 7 nitrogen and oxygen atoms in total. The lowest BCUT2D eigenvalue weighted by molar-refractivity contribution is -0.122. The Labute approximate surface area is 163 Å². The SMILES string of the molecule is COc1ccccc1OCC(=O)NCC#Cc1ccc(N2CCNC2=O)cc1. The number of amides is 3. The van der Waals surface area contributed by atoms with Gasteiger partial charge in [0.2, 0.25) is 0 Å². The Kier molecular flexibility index (Phi) is 6.37. The molecule has 7 heteroatoms. The molecule has 0 aromatic heterocycles. The van der Waals surface area contributed by atoms with Crippen LogP contribution in [0.2, 0.25) is 0 Å². The van der Waals surface area contributed by atoms with E-state index in [0.717, 1.165) is 11.3 Å². The Balaban J connectivity index is 1.44. The van der Waals surface area contributed by atoms with Crippen molar-refractivity contribution in [3.05, 3.63) is 54.1 Å². The van der Waals surface area contributed by atoms with Crippen molar-refractivity contribution in [2.24, 2.45) is 0 Å². The Morgan fingerprint density at radius 2 is 1.93 bits per heavy atom. The van der Waals surface area contributed by atoms with Gasteiger partial charge in [0.05, 0.1) is 13.7 Å². The first-order chi connectivity index (χ1) is 13.7. The number of hydrogen-bond acceptors (Lipinski definition) is 4. The molecule has 0 atom stereocenters. The molecule has 1 heterocycles. The molecule has 2 N–H and O–H groups in total. The molecular formula is C21H21N3O4. The van der Waals surface area contributed by atoms with Crippen molar-refractivity contribution in [3.63, 3.8) is 0 Å². The maximum Gasteiger partial charge on any atom is 0.321 e. The second-order valence-electron chi connectivity index (χ2n) is 5.95. The Bertz CT molecular complexity index is 900. The van der Waals surface area contributed by atoms with Crippen LogP contribution in [-0.2, 0) is 4.79 Å². The third-order valence-electron chi connectivity index (χ3n) is 4.07. The van der Waals surface area contributed by atoms with Crippen LogP contribution in [0.15, 0.2) is 48.5 Å². The number of carbonyl (C=O) groups excluding carboxylic acids is 2. The summed E-state index contributed by atoms with van der Waals surface area (Å²) in [6.07, 6.45) is 0. The predicted molar refractivity (Wildman–Crippen MR) is 106 cm³/mol. The molecule has 3 amide bonds. The Hall–Kier alpha value is -3.66. The average molecular weight is 379 g/mol. The summed E-state index contributed by atoms with van der Waals surface area (Å²) in [7, 11) is 1.55. The van der Waals surface area contributed by atoms with E-state index in [0.29, 0.717) is 24.6 Å². The van der Waals surface area contributed by atoms with E-state index in [1.54, 1.807) is 24.1 Å². The molecular weight excluding hydrogens is 358 g/mol. The quantitative estimate of drug-likeness (QED) is 0.750. The van der Waals surface area contributed by atoms with Crippen molar-refractivity contribution in [2.75, 3.05) is 38.3 Å². The van der Waals surface area contributed by atoms with E-state index in [-0.39, 0.29) is 25.1 Å². The lowest BCUT2D eigenvalue weighted by atomic mass is 10.2. The van der Waals surface area contributed by atoms with Crippen molar-refractivity contribution < 1.29 is 19.1 Å². The van der Waals surface area contributed by atoms with Crippen LogP contribution < -0.4 is 25.0 Å². The number of anilines is 1. The van der Waals surface area contributed by atoms with Crippen molar-refractivity contribution in [1.82, 2.24) is 10.6 Å². The number of nitrogens with zero attached hydrogens (tertiary/aromatic N) is 1. The minimum Gasteiger partial charge on any atom is -0.493 e. The van der Waals surface area contributed by atoms with Gasteiger partial charge in [0.1, 0.15) is 0 Å². The molecule has 0 radical (unpaired) electrons. The summed E-state index contributed by atoms with van der Waals surface area (Å²) in [5, 5.41) is 5.45. The van der Waals surface area contributed by atoms with Gasteiger partial charge in [-0.25, -0.2) is 4.79 Å². The van der Waals surface area contributed by atoms with Gasteiger partial charge < -0.3 is 20.1 Å². The fourth-order valence-corrected chi connectivity index (χ4v) is 2.66. The second-order valence-corrected chi connectivity index (χ2v) is 5.95. The first-order valence-electron chi connectivity index (χ1n) is 8.84. The summed E-state index contributed by atoms with van der Waals surface area (Å²) >= 11 is 0. The molecule has 0 spiro atoms. The highest BCUT2D eigenvalue weighted by molar-refractivity contribution is 5.94. The first kappa shape index (κ1) is 19.1. The van der Waals surface area contributed by atoms with Crippen LogP contribution in [0.4, 0.5) is 10.5 Å². The molecule has 0 aliphatic carbocycles. The maximum absolute atomic E-state index is 11.9. The molecule has 2 aromatic carbocycles. The van der Waals surface area contributed by atoms with E-state index in [9.17, 15) is 9.59 Å². The fourth-order valence-electron chi connectivity index (χ4n) is 2.66. The lowest BCUT2D eigenvalue weighted by Gasteiger charge is -2.13. The van der Waals surface area contributed by atoms with Gasteiger partial charge in [-0.3, -0.25) is 9.69 Å². The van der Waals surface area contributed by atoms with Crippen LogP contribution in [0, 0.1) is 11.8 Å². The molecule has 1 aliphatic heterocycles. The fraction of sp³-hybridized carbons (Fsp3) is 0.238. The average Bonchev–Trinajstić information content (AvgIpc) is 3.16. The van der Waals surface area contributed by atoms with Gasteiger partial charge in [-0.2, -0.15) is 0 Å². The third-order valence-corrected chi connectivity index (χ3v) is 4.07. The number of methoxy groups -OCH3 is 1. The monoisotopic (exact) mass is 379 g/mol. The van der Waals surface area contributed by atoms with Crippen molar-refractivity contribution in [1.29, 1.82) is 0 Å². The molecule has 28 heavy (non-hydrogen) atoms. The number of rotatable bonds is 6. The second kappa shape index (κ2) is 9.33. The van der Waals surface area contributed by atoms with Crippen LogP contribution in [0.25, 0.3) is 0 Å². The van der Waals surface area contributed by atoms with Crippen LogP contribution in [-0.4, -0.2) is 45.3 Å². The van der Waals surface area contributed by atoms with E-state index >= 15 is 0 Å².